The summed E-state index contributed by atoms with van der Waals surface area (Å²) in [5, 5.41) is -0.0242. The van der Waals surface area contributed by atoms with Gasteiger partial charge in [-0.25, -0.2) is 4.39 Å². The van der Waals surface area contributed by atoms with Gasteiger partial charge in [-0.15, -0.1) is 11.6 Å². The van der Waals surface area contributed by atoms with E-state index in [9.17, 15) is 4.39 Å². The summed E-state index contributed by atoms with van der Waals surface area (Å²) in [6, 6.07) is 21.6. The quantitative estimate of drug-likeness (QED) is 0.419. The Morgan fingerprint density at radius 1 is 0.840 bits per heavy atom. The molecule has 128 valence electrons. The Balaban J connectivity index is 1.87. The Kier molecular flexibility index (Phi) is 5.55. The first-order chi connectivity index (χ1) is 12.1. The molecule has 0 radical (unpaired) electrons. The highest BCUT2D eigenvalue weighted by Crippen LogP contribution is 2.29. The van der Waals surface area contributed by atoms with Crippen LogP contribution < -0.4 is 0 Å². The number of benzene rings is 3. The van der Waals surface area contributed by atoms with Gasteiger partial charge in [-0.1, -0.05) is 74.0 Å². The van der Waals surface area contributed by atoms with Crippen LogP contribution in [0.3, 0.4) is 0 Å². The second-order valence-electron chi connectivity index (χ2n) is 6.38. The number of halogens is 2. The van der Waals surface area contributed by atoms with Gasteiger partial charge in [0.2, 0.25) is 0 Å². The molecule has 0 spiro atoms. The molecule has 0 saturated carbocycles. The molecule has 0 aliphatic heterocycles. The molecule has 0 saturated heterocycles. The predicted octanol–water partition coefficient (Wildman–Crippen LogP) is 7.41. The third kappa shape index (κ3) is 4.11. The van der Waals surface area contributed by atoms with Gasteiger partial charge in [0, 0.05) is 5.56 Å². The zero-order chi connectivity index (χ0) is 17.8. The fourth-order valence-corrected chi connectivity index (χ4v) is 3.15. The van der Waals surface area contributed by atoms with E-state index in [1.54, 1.807) is 6.07 Å². The fourth-order valence-electron chi connectivity index (χ4n) is 3.01. The molecule has 25 heavy (non-hydrogen) atoms. The Hall–Kier alpha value is -2.12. The second-order valence-corrected chi connectivity index (χ2v) is 7.03. The minimum atomic E-state index is -0.199. The lowest BCUT2D eigenvalue weighted by Gasteiger charge is -2.09. The Morgan fingerprint density at radius 3 is 2.00 bits per heavy atom. The van der Waals surface area contributed by atoms with Gasteiger partial charge in [0.05, 0.1) is 5.38 Å². The summed E-state index contributed by atoms with van der Waals surface area (Å²) in [7, 11) is 0. The van der Waals surface area contributed by atoms with Gasteiger partial charge in [0.15, 0.2) is 0 Å². The van der Waals surface area contributed by atoms with Gasteiger partial charge in [-0.3, -0.25) is 0 Å². The van der Waals surface area contributed by atoms with E-state index in [0.717, 1.165) is 35.1 Å². The highest BCUT2D eigenvalue weighted by molar-refractivity contribution is 6.20. The van der Waals surface area contributed by atoms with Gasteiger partial charge < -0.3 is 0 Å². The summed E-state index contributed by atoms with van der Waals surface area (Å²) in [6.45, 7) is 4.10. The number of alkyl halides is 1. The van der Waals surface area contributed by atoms with Crippen LogP contribution in [0.25, 0.3) is 22.3 Å². The summed E-state index contributed by atoms with van der Waals surface area (Å²) >= 11 is 6.09. The van der Waals surface area contributed by atoms with Crippen molar-refractivity contribution in [1.29, 1.82) is 0 Å². The van der Waals surface area contributed by atoms with Crippen molar-refractivity contribution >= 4 is 11.6 Å². The molecule has 0 N–H and O–H groups in total. The van der Waals surface area contributed by atoms with Crippen LogP contribution in [-0.4, -0.2) is 0 Å². The van der Waals surface area contributed by atoms with Crippen molar-refractivity contribution < 1.29 is 4.39 Å². The lowest BCUT2D eigenvalue weighted by Crippen LogP contribution is -1.89. The van der Waals surface area contributed by atoms with Gasteiger partial charge in [-0.2, -0.15) is 0 Å². The fraction of sp³-hybridized carbons (Fsp3) is 0.217. The van der Waals surface area contributed by atoms with Crippen molar-refractivity contribution in [2.24, 2.45) is 0 Å². The van der Waals surface area contributed by atoms with E-state index in [4.69, 9.17) is 11.6 Å². The average molecular weight is 353 g/mol. The monoisotopic (exact) mass is 352 g/mol. The van der Waals surface area contributed by atoms with E-state index in [0.29, 0.717) is 5.56 Å². The lowest BCUT2D eigenvalue weighted by molar-refractivity contribution is 0.632. The number of rotatable bonds is 5. The SMILES string of the molecule is CCCc1ccc(-c2ccc(-c3ccc(C(C)Cl)cc3)cc2F)cc1. The highest BCUT2D eigenvalue weighted by atomic mass is 35.5. The number of hydrogen-bond acceptors (Lipinski definition) is 0. The van der Waals surface area contributed by atoms with Crippen LogP contribution in [0.15, 0.2) is 66.7 Å². The van der Waals surface area contributed by atoms with Crippen LogP contribution in [0.2, 0.25) is 0 Å². The first-order valence-corrected chi connectivity index (χ1v) is 9.15. The molecule has 0 amide bonds. The maximum Gasteiger partial charge on any atom is 0.131 e. The summed E-state index contributed by atoms with van der Waals surface area (Å²) in [4.78, 5) is 0. The molecule has 0 aliphatic rings. The maximum absolute atomic E-state index is 14.7. The van der Waals surface area contributed by atoms with E-state index >= 15 is 0 Å². The summed E-state index contributed by atoms with van der Waals surface area (Å²) in [6.07, 6.45) is 2.17. The molecule has 0 aliphatic carbocycles. The van der Waals surface area contributed by atoms with E-state index in [1.165, 1.54) is 5.56 Å². The Bertz CT molecular complexity index is 833. The van der Waals surface area contributed by atoms with Crippen LogP contribution in [0, 0.1) is 5.82 Å². The van der Waals surface area contributed by atoms with Crippen LogP contribution in [0.4, 0.5) is 4.39 Å². The molecule has 0 fully saturated rings. The van der Waals surface area contributed by atoms with Crippen LogP contribution in [0.5, 0.6) is 0 Å². The topological polar surface area (TPSA) is 0 Å². The van der Waals surface area contributed by atoms with Gasteiger partial charge in [-0.05, 0) is 47.2 Å². The molecule has 3 rings (SSSR count). The average Bonchev–Trinajstić information content (AvgIpc) is 2.63. The largest absolute Gasteiger partial charge is 0.206 e. The summed E-state index contributed by atoms with van der Waals surface area (Å²) < 4.78 is 14.7. The van der Waals surface area contributed by atoms with Gasteiger partial charge >= 0.3 is 0 Å². The standard InChI is InChI=1S/C23H22ClF/c1-3-4-17-5-7-20(8-6-17)22-14-13-21(15-23(22)25)19-11-9-18(10-12-19)16(2)24/h5-16H,3-4H2,1-2H3. The smallest absolute Gasteiger partial charge is 0.131 e. The third-order valence-corrected chi connectivity index (χ3v) is 4.73. The minimum Gasteiger partial charge on any atom is -0.206 e. The molecular weight excluding hydrogens is 331 g/mol. The zero-order valence-electron chi connectivity index (χ0n) is 14.6. The van der Waals surface area contributed by atoms with Gasteiger partial charge in [0.25, 0.3) is 0 Å². The molecular formula is C23H22ClF. The molecule has 0 nitrogen and oxygen atoms in total. The Labute approximate surface area is 154 Å². The lowest BCUT2D eigenvalue weighted by atomic mass is 9.97. The van der Waals surface area contributed by atoms with Crippen molar-refractivity contribution in [1.82, 2.24) is 0 Å². The van der Waals surface area contributed by atoms with Crippen LogP contribution in [0.1, 0.15) is 36.8 Å². The van der Waals surface area contributed by atoms with Crippen molar-refractivity contribution in [2.75, 3.05) is 0 Å². The molecule has 0 heterocycles. The van der Waals surface area contributed by atoms with E-state index < -0.39 is 0 Å². The number of hydrogen-bond donors (Lipinski definition) is 0. The maximum atomic E-state index is 14.7. The van der Waals surface area contributed by atoms with Crippen LogP contribution in [-0.2, 0) is 6.42 Å². The van der Waals surface area contributed by atoms with Gasteiger partial charge in [0.1, 0.15) is 5.82 Å². The first kappa shape index (κ1) is 17.7. The zero-order valence-corrected chi connectivity index (χ0v) is 15.4. The number of aryl methyl sites for hydroxylation is 1. The highest BCUT2D eigenvalue weighted by Gasteiger charge is 2.08. The van der Waals surface area contributed by atoms with Crippen molar-refractivity contribution in [2.45, 2.75) is 32.1 Å². The molecule has 1 unspecified atom stereocenters. The molecule has 2 heteroatoms. The molecule has 3 aromatic carbocycles. The first-order valence-electron chi connectivity index (χ1n) is 8.71. The van der Waals surface area contributed by atoms with Crippen molar-refractivity contribution in [3.8, 4) is 22.3 Å². The molecule has 1 atom stereocenters. The van der Waals surface area contributed by atoms with Crippen molar-refractivity contribution in [3.63, 3.8) is 0 Å². The van der Waals surface area contributed by atoms with E-state index in [-0.39, 0.29) is 11.2 Å². The van der Waals surface area contributed by atoms with E-state index in [2.05, 4.69) is 19.1 Å². The van der Waals surface area contributed by atoms with E-state index in [1.807, 2.05) is 55.5 Å². The normalized spacial score (nSPS) is 12.2. The van der Waals surface area contributed by atoms with Crippen molar-refractivity contribution in [3.05, 3.63) is 83.7 Å². The predicted molar refractivity (Wildman–Crippen MR) is 106 cm³/mol. The molecule has 3 aromatic rings. The molecule has 0 bridgehead atoms. The third-order valence-electron chi connectivity index (χ3n) is 4.48. The van der Waals surface area contributed by atoms with Crippen LogP contribution >= 0.6 is 11.6 Å². The summed E-state index contributed by atoms with van der Waals surface area (Å²) in [5.41, 5.74) is 5.77. The summed E-state index contributed by atoms with van der Waals surface area (Å²) in [5.74, 6) is -0.199. The second kappa shape index (κ2) is 7.84. The minimum absolute atomic E-state index is 0.0242. The molecule has 0 aromatic heterocycles. The Morgan fingerprint density at radius 2 is 1.44 bits per heavy atom.